The fourth-order valence-electron chi connectivity index (χ4n) is 9.52. The molecule has 4 heteroatoms. The zero-order valence-electron chi connectivity index (χ0n) is 42.9. The summed E-state index contributed by atoms with van der Waals surface area (Å²) in [6.45, 7) is 25.9. The highest BCUT2D eigenvalue weighted by Gasteiger charge is 2.29. The number of hydrogen-bond acceptors (Lipinski definition) is 3. The number of para-hydroxylation sites is 1. The second-order valence-electron chi connectivity index (χ2n) is 21.9. The maximum Gasteiger partial charge on any atom is 0.149 e. The molecular weight excluding hydrogens is 827 g/mol. The van der Waals surface area contributed by atoms with Crippen LogP contribution in [0.1, 0.15) is 111 Å². The average molecular weight is 893 g/mol. The van der Waals surface area contributed by atoms with Crippen LogP contribution in [-0.4, -0.2) is 19.6 Å². The topological polar surface area (TPSA) is 50.9 Å². The van der Waals surface area contributed by atoms with Crippen LogP contribution in [0.2, 0.25) is 0 Å². The van der Waals surface area contributed by atoms with E-state index in [2.05, 4.69) is 225 Å². The van der Waals surface area contributed by atoms with Gasteiger partial charge in [-0.25, -0.2) is 4.98 Å². The normalized spacial score (nSPS) is 12.7. The Balaban J connectivity index is 1.35. The van der Waals surface area contributed by atoms with Gasteiger partial charge in [0.05, 0.1) is 22.3 Å². The van der Waals surface area contributed by atoms with Crippen molar-refractivity contribution < 1.29 is 6.48 Å². The fourth-order valence-corrected chi connectivity index (χ4v) is 9.52. The van der Waals surface area contributed by atoms with Crippen molar-refractivity contribution in [1.29, 1.82) is 0 Å². The number of hydrogen-bond donors (Lipinski definition) is 1. The van der Waals surface area contributed by atoms with Crippen LogP contribution >= 0.6 is 0 Å². The monoisotopic (exact) mass is 893 g/mol. The zero-order chi connectivity index (χ0) is 49.2. The third kappa shape index (κ3) is 8.93. The molecule has 342 valence electrons. The summed E-state index contributed by atoms with van der Waals surface area (Å²) in [6, 6.07) is 55.9. The van der Waals surface area contributed by atoms with Gasteiger partial charge in [0, 0.05) is 29.9 Å². The molecule has 0 atom stereocenters. The van der Waals surface area contributed by atoms with Crippen molar-refractivity contribution in [3.8, 4) is 78.6 Å². The minimum absolute atomic E-state index is 0.110. The minimum atomic E-state index is -0.954. The number of rotatable bonds is 8. The van der Waals surface area contributed by atoms with Crippen LogP contribution in [0, 0.1) is 6.92 Å². The van der Waals surface area contributed by atoms with E-state index in [-0.39, 0.29) is 22.0 Å². The number of aryl methyl sites for hydroxylation is 1. The lowest BCUT2D eigenvalue weighted by Gasteiger charge is -2.28. The number of imidazole rings is 1. The van der Waals surface area contributed by atoms with Gasteiger partial charge in [-0.05, 0) is 139 Å². The second kappa shape index (κ2) is 17.6. The Kier molecular flexibility index (Phi) is 11.6. The third-order valence-corrected chi connectivity index (χ3v) is 13.3. The fraction of sp³-hybridized carbons (Fsp3) is 0.250. The molecule has 0 amide bonds. The standard InChI is InChI=1S/C64H65N3O/c1-40(2)53-39-49(29-30-51(53)52-21-16-17-23-55(52)63(7,8)9)67-58-24-18-22-50(59(58)66-61(67)54-37-48(62(4,5)6)38-56(60(54)68)64(10,11)12)46-33-45(42-19-14-13-15-20-42)34-47(35-46)57-36-44(31-32-65-57)43-27-25-41(3)26-28-43/h13-40,68H,1-12H3/i40D. The van der Waals surface area contributed by atoms with Crippen molar-refractivity contribution in [3.05, 3.63) is 192 Å². The van der Waals surface area contributed by atoms with E-state index in [9.17, 15) is 6.48 Å². The maximum atomic E-state index is 12.6. The Labute approximate surface area is 405 Å². The van der Waals surface area contributed by atoms with E-state index >= 15 is 0 Å². The number of phenolic OH excluding ortho intramolecular Hbond substituents is 1. The van der Waals surface area contributed by atoms with Crippen LogP contribution in [0.25, 0.3) is 83.9 Å². The van der Waals surface area contributed by atoms with Gasteiger partial charge in [-0.2, -0.15) is 0 Å². The van der Waals surface area contributed by atoms with E-state index in [0.717, 1.165) is 89.2 Å². The molecule has 4 nitrogen and oxygen atoms in total. The first-order chi connectivity index (χ1) is 32.6. The maximum absolute atomic E-state index is 12.6. The van der Waals surface area contributed by atoms with Crippen molar-refractivity contribution in [2.45, 2.75) is 105 Å². The van der Waals surface area contributed by atoms with Gasteiger partial charge < -0.3 is 5.11 Å². The molecule has 2 heterocycles. The van der Waals surface area contributed by atoms with Gasteiger partial charge in [0.15, 0.2) is 0 Å². The Bertz CT molecular complexity index is 3370. The van der Waals surface area contributed by atoms with E-state index in [0.29, 0.717) is 11.4 Å². The summed E-state index contributed by atoms with van der Waals surface area (Å²) in [7, 11) is 0. The lowest BCUT2D eigenvalue weighted by molar-refractivity contribution is 0.446. The van der Waals surface area contributed by atoms with E-state index in [1.165, 1.54) is 11.1 Å². The van der Waals surface area contributed by atoms with Crippen molar-refractivity contribution in [3.63, 3.8) is 0 Å². The first-order valence-electron chi connectivity index (χ1n) is 24.5. The van der Waals surface area contributed by atoms with E-state index < -0.39 is 5.89 Å². The first kappa shape index (κ1) is 44.8. The Morgan fingerprint density at radius 1 is 0.515 bits per heavy atom. The molecule has 0 saturated heterocycles. The highest BCUT2D eigenvalue weighted by molar-refractivity contribution is 5.98. The van der Waals surface area contributed by atoms with Gasteiger partial charge in [-0.1, -0.05) is 185 Å². The van der Waals surface area contributed by atoms with Gasteiger partial charge >= 0.3 is 0 Å². The summed E-state index contributed by atoms with van der Waals surface area (Å²) in [5, 5.41) is 12.6. The summed E-state index contributed by atoms with van der Waals surface area (Å²) >= 11 is 0. The molecule has 2 aromatic heterocycles. The number of pyridine rings is 1. The van der Waals surface area contributed by atoms with Gasteiger partial charge in [0.25, 0.3) is 0 Å². The molecule has 0 bridgehead atoms. The van der Waals surface area contributed by atoms with Crippen LogP contribution in [-0.2, 0) is 16.2 Å². The lowest BCUT2D eigenvalue weighted by atomic mass is 9.79. The number of phenols is 1. The summed E-state index contributed by atoms with van der Waals surface area (Å²) in [6.07, 6.45) is 1.90. The van der Waals surface area contributed by atoms with Crippen LogP contribution in [0.15, 0.2) is 164 Å². The molecule has 0 aliphatic heterocycles. The number of fused-ring (bicyclic) bond motifs is 1. The Hall–Kier alpha value is -7.04. The van der Waals surface area contributed by atoms with Crippen LogP contribution in [0.3, 0.4) is 0 Å². The molecule has 0 aliphatic rings. The summed E-state index contributed by atoms with van der Waals surface area (Å²) in [5.74, 6) is -0.0986. The molecule has 0 fully saturated rings. The molecule has 7 aromatic carbocycles. The number of benzene rings is 7. The predicted octanol–water partition coefficient (Wildman–Crippen LogP) is 17.5. The first-order valence-corrected chi connectivity index (χ1v) is 24.0. The molecule has 0 unspecified atom stereocenters. The van der Waals surface area contributed by atoms with Gasteiger partial charge in [0.1, 0.15) is 11.6 Å². The van der Waals surface area contributed by atoms with Crippen molar-refractivity contribution >= 4 is 11.0 Å². The van der Waals surface area contributed by atoms with Gasteiger partial charge in [-0.3, -0.25) is 9.55 Å². The quantitative estimate of drug-likeness (QED) is 0.165. The molecule has 9 aromatic rings. The van der Waals surface area contributed by atoms with Crippen molar-refractivity contribution in [2.24, 2.45) is 0 Å². The van der Waals surface area contributed by atoms with Gasteiger partial charge in [-0.15, -0.1) is 0 Å². The molecule has 68 heavy (non-hydrogen) atoms. The largest absolute Gasteiger partial charge is 0.507 e. The summed E-state index contributed by atoms with van der Waals surface area (Å²) < 4.78 is 11.9. The lowest BCUT2D eigenvalue weighted by Crippen LogP contribution is -2.17. The molecule has 0 aliphatic carbocycles. The van der Waals surface area contributed by atoms with Crippen LogP contribution < -0.4 is 0 Å². The molecule has 0 spiro atoms. The molecule has 0 saturated carbocycles. The molecule has 0 radical (unpaired) electrons. The van der Waals surface area contributed by atoms with Crippen LogP contribution in [0.5, 0.6) is 5.75 Å². The predicted molar refractivity (Wildman–Crippen MR) is 288 cm³/mol. The Morgan fingerprint density at radius 2 is 1.16 bits per heavy atom. The second-order valence-corrected chi connectivity index (χ2v) is 21.9. The number of nitrogens with zero attached hydrogens (tertiary/aromatic N) is 3. The SMILES string of the molecule is [2H]C(C)(C)c1cc(-n2c(-c3cc(C(C)(C)C)cc(C(C)(C)C)c3O)nc3c(-c4cc(-c5ccccc5)cc(-c5cc(-c6ccc(C)cc6)ccn5)c4)cccc32)ccc1-c1ccccc1C(C)(C)C. The Morgan fingerprint density at radius 3 is 1.85 bits per heavy atom. The zero-order valence-corrected chi connectivity index (χ0v) is 41.9. The molecule has 1 N–H and O–H groups in total. The van der Waals surface area contributed by atoms with E-state index in [4.69, 9.17) is 9.97 Å². The van der Waals surface area contributed by atoms with Crippen LogP contribution in [0.4, 0.5) is 0 Å². The average Bonchev–Trinajstić information content (AvgIpc) is 3.70. The van der Waals surface area contributed by atoms with Crippen molar-refractivity contribution in [1.82, 2.24) is 14.5 Å². The molecular formula is C64H65N3O. The smallest absolute Gasteiger partial charge is 0.149 e. The number of aromatic hydroxyl groups is 1. The van der Waals surface area contributed by atoms with E-state index in [1.807, 2.05) is 26.1 Å². The minimum Gasteiger partial charge on any atom is -0.507 e. The summed E-state index contributed by atoms with van der Waals surface area (Å²) in [4.78, 5) is 10.6. The van der Waals surface area contributed by atoms with Crippen molar-refractivity contribution in [2.75, 3.05) is 0 Å². The number of aromatic nitrogens is 3. The highest BCUT2D eigenvalue weighted by Crippen LogP contribution is 2.46. The van der Waals surface area contributed by atoms with Gasteiger partial charge in [0.2, 0.25) is 0 Å². The summed E-state index contributed by atoms with van der Waals surface area (Å²) in [5.41, 5.74) is 18.3. The molecule has 9 rings (SSSR count). The van der Waals surface area contributed by atoms with E-state index in [1.54, 1.807) is 0 Å². The highest BCUT2D eigenvalue weighted by atomic mass is 16.3. The third-order valence-electron chi connectivity index (χ3n) is 13.3.